The van der Waals surface area contributed by atoms with Crippen molar-refractivity contribution in [1.29, 1.82) is 0 Å². The van der Waals surface area contributed by atoms with E-state index in [1.165, 1.54) is 35.0 Å². The molecular weight excluding hydrogens is 448 g/mol. The van der Waals surface area contributed by atoms with Gasteiger partial charge in [0.15, 0.2) is 0 Å². The molecule has 0 amide bonds. The number of hydrogen-bond acceptors (Lipinski definition) is 1. The molecule has 148 valence electrons. The molecule has 0 bridgehead atoms. The van der Waals surface area contributed by atoms with Crippen LogP contribution in [0.2, 0.25) is 13.1 Å². The average Bonchev–Trinajstić information content (AvgIpc) is 2.89. The zero-order valence-electron chi connectivity index (χ0n) is 16.4. The van der Waals surface area contributed by atoms with E-state index in [0.717, 1.165) is 9.52 Å². The molecule has 0 spiro atoms. The van der Waals surface area contributed by atoms with Crippen LogP contribution in [0.25, 0.3) is 16.5 Å². The van der Waals surface area contributed by atoms with E-state index in [1.807, 2.05) is 20.8 Å². The van der Waals surface area contributed by atoms with E-state index < -0.39 is 0 Å². The van der Waals surface area contributed by atoms with Crippen LogP contribution in [-0.4, -0.2) is 31.0 Å². The second-order valence-electron chi connectivity index (χ2n) is 5.13. The number of benzene rings is 1. The fraction of sp³-hybridized carbons (Fsp3) is 0.368. The van der Waals surface area contributed by atoms with E-state index in [9.17, 15) is 0 Å². The van der Waals surface area contributed by atoms with Gasteiger partial charge in [0.2, 0.25) is 0 Å². The third-order valence-corrected chi connectivity index (χ3v) is 1.55. The van der Waals surface area contributed by atoms with E-state index in [1.54, 1.807) is 0 Å². The van der Waals surface area contributed by atoms with Crippen LogP contribution < -0.4 is 0 Å². The molecule has 0 heterocycles. The van der Waals surface area contributed by atoms with Crippen molar-refractivity contribution in [3.8, 4) is 0 Å². The Bertz CT molecular complexity index is 410. The van der Waals surface area contributed by atoms with Crippen molar-refractivity contribution in [2.24, 2.45) is 0 Å². The summed E-state index contributed by atoms with van der Waals surface area (Å²) in [5.74, 6) is 0. The summed E-state index contributed by atoms with van der Waals surface area (Å²) in [5, 5.41) is 10.1. The molecule has 2 aromatic carbocycles. The minimum Gasteiger partial charge on any atom is -0.358 e. The standard InChI is InChI=1S/C9H7.C4H10N.C2H5O.C2H6Si.CH3.CH2.2ClH.Zr/c1-2-5-9-7-3-6-8(9)4-1;1-4(2,3)5;1-2-3;1-3-2;;;;;/h1-7H;5H,1-3H3;3H,1-2H2;1-2H3;1H3;1H2;2*1H;/q3*-1;;-1;;;;. The molecule has 2 radical (unpaired) electrons. The fourth-order valence-corrected chi connectivity index (χ4v) is 1.07. The first-order chi connectivity index (χ1) is 10.3. The van der Waals surface area contributed by atoms with Gasteiger partial charge in [0, 0.05) is 9.52 Å². The summed E-state index contributed by atoms with van der Waals surface area (Å²) in [6.07, 6.45) is 0. The zero-order valence-corrected chi connectivity index (χ0v) is 21.5. The van der Waals surface area contributed by atoms with Gasteiger partial charge in [0.25, 0.3) is 0 Å². The molecule has 0 fully saturated rings. The Morgan fingerprint density at radius 2 is 1.48 bits per heavy atom. The molecule has 0 saturated carbocycles. The van der Waals surface area contributed by atoms with E-state index >= 15 is 0 Å². The van der Waals surface area contributed by atoms with Crippen molar-refractivity contribution >= 4 is 49.3 Å². The van der Waals surface area contributed by atoms with Gasteiger partial charge < -0.3 is 25.2 Å². The predicted octanol–water partition coefficient (Wildman–Crippen LogP) is 6.25. The minimum atomic E-state index is -0.250. The van der Waals surface area contributed by atoms with Gasteiger partial charge in [-0.2, -0.15) is 17.5 Å². The Morgan fingerprint density at radius 3 is 1.80 bits per heavy atom. The molecule has 2 aromatic rings. The topological polar surface area (TPSA) is 44.0 Å². The van der Waals surface area contributed by atoms with Crippen molar-refractivity contribution in [2.45, 2.75) is 39.4 Å². The predicted molar refractivity (Wildman–Crippen MR) is 122 cm³/mol. The van der Waals surface area contributed by atoms with Crippen LogP contribution in [0.5, 0.6) is 0 Å². The first-order valence-corrected chi connectivity index (χ1v) is 10.7. The van der Waals surface area contributed by atoms with Crippen molar-refractivity contribution in [1.82, 2.24) is 0 Å². The van der Waals surface area contributed by atoms with E-state index in [2.05, 4.69) is 66.7 Å². The van der Waals surface area contributed by atoms with Gasteiger partial charge in [-0.1, -0.05) is 46.5 Å². The van der Waals surface area contributed by atoms with Crippen LogP contribution in [0.15, 0.2) is 42.5 Å². The third kappa shape index (κ3) is 40.4. The van der Waals surface area contributed by atoms with Crippen LogP contribution in [-0.2, 0) is 24.2 Å². The smallest absolute Gasteiger partial charge is 0.0809 e. The maximum Gasteiger partial charge on any atom is -0.0809 e. The summed E-state index contributed by atoms with van der Waals surface area (Å²) in [6.45, 7) is 12.9. The van der Waals surface area contributed by atoms with Crippen LogP contribution in [0.1, 0.15) is 20.8 Å². The number of aliphatic hydroxyl groups is 1. The Labute approximate surface area is 186 Å². The molecule has 0 aliphatic carbocycles. The number of halogens is 2. The number of nitrogens with one attached hydrogen (secondary N) is 1. The summed E-state index contributed by atoms with van der Waals surface area (Å²) in [5.41, 5.74) is 6.69. The normalized spacial score (nSPS) is 7.64. The third-order valence-electron chi connectivity index (χ3n) is 1.55. The second kappa shape index (κ2) is 29.1. The zero-order chi connectivity index (χ0) is 18.0. The first-order valence-electron chi connectivity index (χ1n) is 6.99. The average molecular weight is 484 g/mol. The molecule has 6 heteroatoms. The molecule has 2 rings (SSSR count). The van der Waals surface area contributed by atoms with Crippen LogP contribution >= 0.6 is 24.8 Å². The van der Waals surface area contributed by atoms with Gasteiger partial charge in [0.05, 0.1) is 0 Å². The molecule has 0 unspecified atom stereocenters. The number of hydrogen-bond donors (Lipinski definition) is 1. The molecule has 2 N–H and O–H groups in total. The van der Waals surface area contributed by atoms with Crippen molar-refractivity contribution in [2.75, 3.05) is 6.61 Å². The summed E-state index contributed by atoms with van der Waals surface area (Å²) in [4.78, 5) is 0. The van der Waals surface area contributed by atoms with Crippen molar-refractivity contribution in [3.63, 3.8) is 0 Å². The SMILES string of the molecule is CC(C)(C)[NH-].C[Si]C.Cl.Cl.[CH2-]CO.[CH2]=[Zr].[CH3-].c1ccc2[cH-]ccc2c1. The maximum atomic E-state index is 7.46. The Kier molecular flexibility index (Phi) is 46.6. The summed E-state index contributed by atoms with van der Waals surface area (Å²) < 4.78 is 3.34. The summed E-state index contributed by atoms with van der Waals surface area (Å²) in [6, 6.07) is 14.7. The Morgan fingerprint density at radius 1 is 1.16 bits per heavy atom. The number of rotatable bonds is 0. The first kappa shape index (κ1) is 40.1. The van der Waals surface area contributed by atoms with E-state index in [-0.39, 0.29) is 44.4 Å². The van der Waals surface area contributed by atoms with Gasteiger partial charge in [-0.05, 0) is 0 Å². The Balaban J connectivity index is -0.0000000499. The number of fused-ring (bicyclic) bond motifs is 1. The summed E-state index contributed by atoms with van der Waals surface area (Å²) >= 11 is 1.30. The molecule has 25 heavy (non-hydrogen) atoms. The molecule has 0 atom stereocenters. The quantitative estimate of drug-likeness (QED) is 0.349. The maximum absolute atomic E-state index is 7.46. The van der Waals surface area contributed by atoms with Gasteiger partial charge in [0.1, 0.15) is 0 Å². The van der Waals surface area contributed by atoms with Gasteiger partial charge in [-0.3, -0.25) is 0 Å². The van der Waals surface area contributed by atoms with Crippen molar-refractivity contribution in [3.05, 3.63) is 62.5 Å². The number of aliphatic hydroxyl groups excluding tert-OH is 1. The second-order valence-corrected chi connectivity index (χ2v) is 6.13. The fourth-order valence-electron chi connectivity index (χ4n) is 1.07. The molecule has 0 aliphatic heterocycles. The van der Waals surface area contributed by atoms with Gasteiger partial charge in [-0.15, -0.1) is 60.0 Å². The minimum absolute atomic E-state index is 0. The molecule has 0 aliphatic rings. The monoisotopic (exact) mass is 481 g/mol. The molecule has 0 saturated heterocycles. The van der Waals surface area contributed by atoms with Crippen LogP contribution in [0, 0.1) is 14.4 Å². The largest absolute Gasteiger partial charge is 0.358 e. The molecule has 2 nitrogen and oxygen atoms in total. The summed E-state index contributed by atoms with van der Waals surface area (Å²) in [7, 11) is 1.08. The molecular formula is C19H35Cl2NOSiZr-4. The van der Waals surface area contributed by atoms with Gasteiger partial charge >= 0.3 is 28.4 Å². The van der Waals surface area contributed by atoms with Gasteiger partial charge in [-0.25, -0.2) is 0 Å². The van der Waals surface area contributed by atoms with Crippen LogP contribution in [0.4, 0.5) is 0 Å². The van der Waals surface area contributed by atoms with Crippen molar-refractivity contribution < 1.29 is 29.3 Å². The van der Waals surface area contributed by atoms with Crippen LogP contribution in [0.3, 0.4) is 0 Å². The molecule has 0 aromatic heterocycles. The Hall–Kier alpha value is 0.300. The van der Waals surface area contributed by atoms with E-state index in [4.69, 9.17) is 10.8 Å². The van der Waals surface area contributed by atoms with E-state index in [0.29, 0.717) is 0 Å².